The molecule has 0 radical (unpaired) electrons. The molecule has 2 aromatic rings. The molecule has 0 aliphatic heterocycles. The van der Waals surface area contributed by atoms with Gasteiger partial charge in [0.1, 0.15) is 0 Å². The summed E-state index contributed by atoms with van der Waals surface area (Å²) in [4.78, 5) is 0. The summed E-state index contributed by atoms with van der Waals surface area (Å²) in [5.41, 5.74) is 7.21. The Hall–Kier alpha value is -2.04. The van der Waals surface area contributed by atoms with Gasteiger partial charge in [-0.15, -0.1) is 5.73 Å². The summed E-state index contributed by atoms with van der Waals surface area (Å²) in [5.74, 6) is 0. The molecule has 0 heterocycles. The lowest BCUT2D eigenvalue weighted by Gasteiger charge is -2.21. The third-order valence-electron chi connectivity index (χ3n) is 3.00. The van der Waals surface area contributed by atoms with Gasteiger partial charge in [0.15, 0.2) is 0 Å². The average molecular weight is 248 g/mol. The molecule has 2 aromatic carbocycles. The minimum atomic E-state index is 0.0760. The van der Waals surface area contributed by atoms with Crippen LogP contribution >= 0.6 is 0 Å². The molecule has 0 aromatic heterocycles. The third-order valence-corrected chi connectivity index (χ3v) is 3.00. The largest absolute Gasteiger partial charge is 0.116 e. The molecule has 0 unspecified atom stereocenters. The standard InChI is InChI=1S/C19H20/c1-19(2,3)18(17-12-8-5-9-13-17)15-14-16-10-6-4-7-11-16/h4-14H,1-3H3. The summed E-state index contributed by atoms with van der Waals surface area (Å²) in [6.45, 7) is 6.67. The van der Waals surface area contributed by atoms with Crippen molar-refractivity contribution in [3.63, 3.8) is 0 Å². The summed E-state index contributed by atoms with van der Waals surface area (Å²) >= 11 is 0. The van der Waals surface area contributed by atoms with Crippen molar-refractivity contribution in [2.24, 2.45) is 5.41 Å². The highest BCUT2D eigenvalue weighted by atomic mass is 14.2. The van der Waals surface area contributed by atoms with Crippen LogP contribution < -0.4 is 0 Å². The van der Waals surface area contributed by atoms with Gasteiger partial charge in [-0.05, 0) is 22.6 Å². The van der Waals surface area contributed by atoms with Crippen molar-refractivity contribution in [2.75, 3.05) is 0 Å². The Morgan fingerprint density at radius 1 is 0.842 bits per heavy atom. The number of rotatable bonds is 2. The topological polar surface area (TPSA) is 0 Å². The highest BCUT2D eigenvalue weighted by molar-refractivity contribution is 5.72. The van der Waals surface area contributed by atoms with Gasteiger partial charge in [-0.3, -0.25) is 0 Å². The van der Waals surface area contributed by atoms with Gasteiger partial charge in [-0.25, -0.2) is 0 Å². The molecule has 19 heavy (non-hydrogen) atoms. The molecular formula is C19H20. The normalized spacial score (nSPS) is 10.7. The molecule has 0 spiro atoms. The minimum absolute atomic E-state index is 0.0760. The van der Waals surface area contributed by atoms with E-state index in [-0.39, 0.29) is 5.41 Å². The number of hydrogen-bond donors (Lipinski definition) is 0. The van der Waals surface area contributed by atoms with Crippen LogP contribution in [0.3, 0.4) is 0 Å². The highest BCUT2D eigenvalue weighted by Crippen LogP contribution is 2.33. The smallest absolute Gasteiger partial charge is 0.00658 e. The van der Waals surface area contributed by atoms with Gasteiger partial charge in [0.2, 0.25) is 0 Å². The highest BCUT2D eigenvalue weighted by Gasteiger charge is 2.17. The van der Waals surface area contributed by atoms with Crippen molar-refractivity contribution in [3.8, 4) is 0 Å². The van der Waals surface area contributed by atoms with E-state index in [1.165, 1.54) is 16.7 Å². The molecule has 0 saturated carbocycles. The second kappa shape index (κ2) is 5.73. The predicted molar refractivity (Wildman–Crippen MR) is 83.7 cm³/mol. The molecule has 0 saturated heterocycles. The summed E-state index contributed by atoms with van der Waals surface area (Å²) < 4.78 is 0. The quantitative estimate of drug-likeness (QED) is 0.622. The summed E-state index contributed by atoms with van der Waals surface area (Å²) in [5, 5.41) is 0. The molecule has 0 atom stereocenters. The van der Waals surface area contributed by atoms with Crippen LogP contribution in [0.2, 0.25) is 0 Å². The van der Waals surface area contributed by atoms with Crippen LogP contribution in [0.25, 0.3) is 11.6 Å². The molecule has 0 bridgehead atoms. The van der Waals surface area contributed by atoms with E-state index in [1.54, 1.807) is 0 Å². The van der Waals surface area contributed by atoms with E-state index < -0.39 is 0 Å². The zero-order valence-electron chi connectivity index (χ0n) is 11.9. The van der Waals surface area contributed by atoms with Crippen LogP contribution in [0, 0.1) is 5.41 Å². The van der Waals surface area contributed by atoms with E-state index >= 15 is 0 Å². The molecule has 0 aliphatic rings. The fraction of sp³-hybridized carbons (Fsp3) is 0.211. The van der Waals surface area contributed by atoms with E-state index in [1.807, 2.05) is 24.3 Å². The molecule has 2 rings (SSSR count). The first-order valence-electron chi connectivity index (χ1n) is 6.65. The Bertz CT molecular complexity index is 577. The Kier molecular flexibility index (Phi) is 4.04. The zero-order valence-corrected chi connectivity index (χ0v) is 11.9. The van der Waals surface area contributed by atoms with E-state index in [2.05, 4.69) is 69.0 Å². The lowest BCUT2D eigenvalue weighted by atomic mass is 9.82. The summed E-state index contributed by atoms with van der Waals surface area (Å²) in [7, 11) is 0. The van der Waals surface area contributed by atoms with Gasteiger partial charge in [-0.2, -0.15) is 0 Å². The van der Waals surface area contributed by atoms with Gasteiger partial charge < -0.3 is 0 Å². The van der Waals surface area contributed by atoms with E-state index in [9.17, 15) is 0 Å². The first kappa shape index (κ1) is 13.4. The monoisotopic (exact) mass is 248 g/mol. The molecular weight excluding hydrogens is 228 g/mol. The van der Waals surface area contributed by atoms with E-state index in [0.29, 0.717) is 0 Å². The molecule has 96 valence electrons. The summed E-state index contributed by atoms with van der Waals surface area (Å²) in [6, 6.07) is 20.8. The SMILES string of the molecule is CC(C)(C)C(=C=Cc1ccccc1)c1ccccc1. The maximum Gasteiger partial charge on any atom is 0.00658 e. The van der Waals surface area contributed by atoms with Gasteiger partial charge in [0.25, 0.3) is 0 Å². The lowest BCUT2D eigenvalue weighted by Crippen LogP contribution is -2.07. The Labute approximate surface area is 116 Å². The maximum absolute atomic E-state index is 3.48. The fourth-order valence-electron chi connectivity index (χ4n) is 2.04. The Morgan fingerprint density at radius 3 is 1.89 bits per heavy atom. The van der Waals surface area contributed by atoms with Crippen LogP contribution in [-0.4, -0.2) is 0 Å². The molecule has 0 aliphatic carbocycles. The first-order chi connectivity index (χ1) is 9.07. The van der Waals surface area contributed by atoms with Crippen LogP contribution in [0.4, 0.5) is 0 Å². The van der Waals surface area contributed by atoms with E-state index in [4.69, 9.17) is 0 Å². The van der Waals surface area contributed by atoms with Crippen LogP contribution in [0.1, 0.15) is 31.9 Å². The van der Waals surface area contributed by atoms with Gasteiger partial charge in [-0.1, -0.05) is 81.4 Å². The number of allylic oxidation sites excluding steroid dienone is 1. The van der Waals surface area contributed by atoms with Crippen molar-refractivity contribution >= 4 is 11.6 Å². The third kappa shape index (κ3) is 3.71. The Morgan fingerprint density at radius 2 is 1.37 bits per heavy atom. The minimum Gasteiger partial charge on any atom is -0.116 e. The fourth-order valence-corrected chi connectivity index (χ4v) is 2.04. The molecule has 0 nitrogen and oxygen atoms in total. The number of benzene rings is 2. The first-order valence-corrected chi connectivity index (χ1v) is 6.65. The second-order valence-electron chi connectivity index (χ2n) is 5.69. The van der Waals surface area contributed by atoms with Gasteiger partial charge in [0, 0.05) is 5.57 Å². The zero-order chi connectivity index (χ0) is 13.7. The molecule has 0 heteroatoms. The van der Waals surface area contributed by atoms with Gasteiger partial charge in [0.05, 0.1) is 0 Å². The van der Waals surface area contributed by atoms with Crippen LogP contribution in [0.5, 0.6) is 0 Å². The van der Waals surface area contributed by atoms with Crippen LogP contribution in [0.15, 0.2) is 66.4 Å². The van der Waals surface area contributed by atoms with Crippen molar-refractivity contribution in [2.45, 2.75) is 20.8 Å². The average Bonchev–Trinajstić information content (AvgIpc) is 2.40. The number of hydrogen-bond acceptors (Lipinski definition) is 0. The Balaban J connectivity index is 2.48. The van der Waals surface area contributed by atoms with Crippen molar-refractivity contribution in [3.05, 3.63) is 77.5 Å². The van der Waals surface area contributed by atoms with Crippen molar-refractivity contribution in [1.82, 2.24) is 0 Å². The molecule has 0 fully saturated rings. The second-order valence-corrected chi connectivity index (χ2v) is 5.69. The maximum atomic E-state index is 3.48. The lowest BCUT2D eigenvalue weighted by molar-refractivity contribution is 0.567. The predicted octanol–water partition coefficient (Wildman–Crippen LogP) is 5.43. The van der Waals surface area contributed by atoms with E-state index in [0.717, 1.165) is 0 Å². The molecule has 0 amide bonds. The van der Waals surface area contributed by atoms with Gasteiger partial charge >= 0.3 is 0 Å². The summed E-state index contributed by atoms with van der Waals surface area (Å²) in [6.07, 6.45) is 2.06. The van der Waals surface area contributed by atoms with Crippen molar-refractivity contribution in [1.29, 1.82) is 0 Å². The van der Waals surface area contributed by atoms with Crippen LogP contribution in [-0.2, 0) is 0 Å². The molecule has 0 N–H and O–H groups in total. The van der Waals surface area contributed by atoms with Crippen molar-refractivity contribution < 1.29 is 0 Å².